The Hall–Kier alpha value is -3.92. The van der Waals surface area contributed by atoms with Crippen molar-refractivity contribution in [2.75, 3.05) is 0 Å². The minimum atomic E-state index is 0.393. The Kier molecular flexibility index (Phi) is 5.22. The largest absolute Gasteiger partial charge is 0.454 e. The second-order valence-electron chi connectivity index (χ2n) is 10.4. The molecule has 3 aromatic carbocycles. The summed E-state index contributed by atoms with van der Waals surface area (Å²) in [7, 11) is 2.17. The summed E-state index contributed by atoms with van der Waals surface area (Å²) < 4.78 is 11.1. The average Bonchev–Trinajstić information content (AvgIpc) is 3.37. The zero-order chi connectivity index (χ0) is 25.1. The zero-order valence-corrected chi connectivity index (χ0v) is 21.8. The highest BCUT2D eigenvalue weighted by molar-refractivity contribution is 6.06. The van der Waals surface area contributed by atoms with Crippen LogP contribution in [-0.2, 0) is 7.05 Å². The normalized spacial score (nSPS) is 12.1. The van der Waals surface area contributed by atoms with Crippen molar-refractivity contribution in [2.45, 2.75) is 46.5 Å². The molecule has 6 rings (SSSR count). The summed E-state index contributed by atoms with van der Waals surface area (Å²) >= 11 is 0. The number of furan rings is 1. The monoisotopic (exact) mass is 474 g/mol. The van der Waals surface area contributed by atoms with Gasteiger partial charge in [-0.15, -0.1) is 0 Å². The standard InChI is InChI=1S/C32H32N3O/c1-19(2)22-10-9-11-23(20(3)4)31(22)35-28-13-8-7-12-27(28)34(6)32(35)25-17-29-26(16-21(25)5)24-14-15-33-18-30(24)36-29/h7-20H,1-6H3/q+1. The maximum absolute atomic E-state index is 6.27. The molecule has 0 bridgehead atoms. The maximum atomic E-state index is 6.27. The molecule has 3 heterocycles. The van der Waals surface area contributed by atoms with Gasteiger partial charge >= 0.3 is 0 Å². The summed E-state index contributed by atoms with van der Waals surface area (Å²) in [6.07, 6.45) is 3.63. The van der Waals surface area contributed by atoms with E-state index in [2.05, 4.69) is 110 Å². The molecular formula is C32H32N3O+. The molecule has 0 atom stereocenters. The summed E-state index contributed by atoms with van der Waals surface area (Å²) in [5.74, 6) is 1.94. The van der Waals surface area contributed by atoms with Gasteiger partial charge in [-0.2, -0.15) is 4.57 Å². The molecule has 180 valence electrons. The van der Waals surface area contributed by atoms with Crippen LogP contribution in [0.4, 0.5) is 0 Å². The van der Waals surface area contributed by atoms with Gasteiger partial charge in [0.2, 0.25) is 0 Å². The van der Waals surface area contributed by atoms with Crippen LogP contribution in [0.15, 0.2) is 77.5 Å². The topological polar surface area (TPSA) is 34.8 Å². The third kappa shape index (κ3) is 3.28. The molecule has 0 saturated carbocycles. The third-order valence-corrected chi connectivity index (χ3v) is 7.44. The van der Waals surface area contributed by atoms with Gasteiger partial charge in [0.05, 0.1) is 18.8 Å². The number of aryl methyl sites for hydroxylation is 2. The van der Waals surface area contributed by atoms with Crippen LogP contribution in [0.2, 0.25) is 0 Å². The van der Waals surface area contributed by atoms with E-state index in [4.69, 9.17) is 4.42 Å². The Bertz CT molecular complexity index is 1740. The fourth-order valence-corrected chi connectivity index (χ4v) is 5.64. The minimum Gasteiger partial charge on any atom is -0.454 e. The number of rotatable bonds is 4. The van der Waals surface area contributed by atoms with Crippen molar-refractivity contribution in [3.8, 4) is 17.1 Å². The highest BCUT2D eigenvalue weighted by Gasteiger charge is 2.31. The van der Waals surface area contributed by atoms with Gasteiger partial charge in [-0.3, -0.25) is 4.98 Å². The van der Waals surface area contributed by atoms with Crippen LogP contribution in [0.25, 0.3) is 50.0 Å². The van der Waals surface area contributed by atoms with Crippen LogP contribution in [0.1, 0.15) is 56.2 Å². The molecule has 0 saturated heterocycles. The predicted octanol–water partition coefficient (Wildman–Crippen LogP) is 7.97. The van der Waals surface area contributed by atoms with E-state index in [1.807, 2.05) is 12.3 Å². The smallest absolute Gasteiger partial charge is 0.295 e. The number of fused-ring (bicyclic) bond motifs is 4. The van der Waals surface area contributed by atoms with Gasteiger partial charge in [0.25, 0.3) is 5.82 Å². The number of hydrogen-bond acceptors (Lipinski definition) is 2. The summed E-state index contributed by atoms with van der Waals surface area (Å²) in [6, 6.07) is 22.0. The van der Waals surface area contributed by atoms with Crippen molar-refractivity contribution in [1.82, 2.24) is 9.55 Å². The molecule has 0 radical (unpaired) electrons. The lowest BCUT2D eigenvalue weighted by Crippen LogP contribution is -2.30. The maximum Gasteiger partial charge on any atom is 0.295 e. The average molecular weight is 475 g/mol. The second-order valence-corrected chi connectivity index (χ2v) is 10.4. The number of hydrogen-bond donors (Lipinski definition) is 0. The highest BCUT2D eigenvalue weighted by atomic mass is 16.3. The lowest BCUT2D eigenvalue weighted by atomic mass is 9.92. The van der Waals surface area contributed by atoms with Crippen molar-refractivity contribution < 1.29 is 8.98 Å². The highest BCUT2D eigenvalue weighted by Crippen LogP contribution is 2.39. The van der Waals surface area contributed by atoms with Gasteiger partial charge in [-0.1, -0.05) is 58.0 Å². The summed E-state index contributed by atoms with van der Waals surface area (Å²) in [5, 5.41) is 2.23. The molecule has 0 amide bonds. The first kappa shape index (κ1) is 22.5. The third-order valence-electron chi connectivity index (χ3n) is 7.44. The van der Waals surface area contributed by atoms with Gasteiger partial charge in [-0.05, 0) is 54.7 Å². The molecular weight excluding hydrogens is 442 g/mol. The number of pyridine rings is 1. The SMILES string of the molecule is Cc1cc2c(cc1-c1n(-c3c(C(C)C)cccc3C(C)C)c3ccccc3[n+]1C)oc1cnccc12. The Morgan fingerprint density at radius 1 is 0.833 bits per heavy atom. The van der Waals surface area contributed by atoms with Gasteiger partial charge in [0.1, 0.15) is 11.3 Å². The fourth-order valence-electron chi connectivity index (χ4n) is 5.64. The zero-order valence-electron chi connectivity index (χ0n) is 21.8. The van der Waals surface area contributed by atoms with Crippen molar-refractivity contribution in [1.29, 1.82) is 0 Å². The lowest BCUT2D eigenvalue weighted by molar-refractivity contribution is -0.633. The van der Waals surface area contributed by atoms with Crippen LogP contribution < -0.4 is 4.57 Å². The van der Waals surface area contributed by atoms with E-state index < -0.39 is 0 Å². The van der Waals surface area contributed by atoms with Crippen LogP contribution in [0.3, 0.4) is 0 Å². The Morgan fingerprint density at radius 2 is 1.56 bits per heavy atom. The fraction of sp³-hybridized carbons (Fsp3) is 0.250. The molecule has 0 aliphatic carbocycles. The van der Waals surface area contributed by atoms with Crippen molar-refractivity contribution in [3.05, 3.63) is 89.7 Å². The number of nitrogens with zero attached hydrogens (tertiary/aromatic N) is 3. The van der Waals surface area contributed by atoms with Gasteiger partial charge < -0.3 is 4.42 Å². The van der Waals surface area contributed by atoms with Crippen molar-refractivity contribution in [2.24, 2.45) is 7.05 Å². The van der Waals surface area contributed by atoms with Crippen LogP contribution in [-0.4, -0.2) is 9.55 Å². The van der Waals surface area contributed by atoms with Gasteiger partial charge in [0, 0.05) is 28.1 Å². The Labute approximate surface area is 211 Å². The summed E-state index contributed by atoms with van der Waals surface area (Å²) in [6.45, 7) is 11.3. The van der Waals surface area contributed by atoms with Crippen molar-refractivity contribution >= 4 is 33.0 Å². The first-order valence-electron chi connectivity index (χ1n) is 12.8. The number of benzene rings is 3. The molecule has 0 spiro atoms. The molecule has 0 N–H and O–H groups in total. The molecule has 3 aromatic heterocycles. The number of para-hydroxylation sites is 3. The number of imidazole rings is 1. The molecule has 4 heteroatoms. The molecule has 0 fully saturated rings. The minimum absolute atomic E-state index is 0.393. The van der Waals surface area contributed by atoms with E-state index in [-0.39, 0.29) is 0 Å². The van der Waals surface area contributed by atoms with Crippen molar-refractivity contribution in [3.63, 3.8) is 0 Å². The van der Waals surface area contributed by atoms with E-state index in [1.165, 1.54) is 39.0 Å². The van der Waals surface area contributed by atoms with Gasteiger partial charge in [0.15, 0.2) is 16.6 Å². The van der Waals surface area contributed by atoms with E-state index in [9.17, 15) is 0 Å². The van der Waals surface area contributed by atoms with E-state index in [0.717, 1.165) is 27.8 Å². The first-order chi connectivity index (χ1) is 17.4. The Balaban J connectivity index is 1.76. The summed E-state index contributed by atoms with van der Waals surface area (Å²) in [4.78, 5) is 4.26. The molecule has 36 heavy (non-hydrogen) atoms. The predicted molar refractivity (Wildman–Crippen MR) is 148 cm³/mol. The Morgan fingerprint density at radius 3 is 2.28 bits per heavy atom. The molecule has 4 nitrogen and oxygen atoms in total. The quantitative estimate of drug-likeness (QED) is 0.243. The number of aromatic nitrogens is 3. The van der Waals surface area contributed by atoms with Crippen LogP contribution in [0, 0.1) is 6.92 Å². The molecule has 0 aliphatic rings. The first-order valence-corrected chi connectivity index (χ1v) is 12.8. The lowest BCUT2D eigenvalue weighted by Gasteiger charge is -2.18. The second kappa shape index (κ2) is 8.34. The van der Waals surface area contributed by atoms with E-state index in [1.54, 1.807) is 6.20 Å². The molecule has 6 aromatic rings. The van der Waals surface area contributed by atoms with Gasteiger partial charge in [-0.25, -0.2) is 4.57 Å². The molecule has 0 unspecified atom stereocenters. The van der Waals surface area contributed by atoms with Crippen LogP contribution in [0.5, 0.6) is 0 Å². The summed E-state index contributed by atoms with van der Waals surface area (Å²) in [5.41, 5.74) is 10.5. The van der Waals surface area contributed by atoms with E-state index >= 15 is 0 Å². The van der Waals surface area contributed by atoms with E-state index in [0.29, 0.717) is 11.8 Å². The molecule has 0 aliphatic heterocycles. The van der Waals surface area contributed by atoms with Crippen LogP contribution >= 0.6 is 0 Å².